The van der Waals surface area contributed by atoms with Gasteiger partial charge in [0.1, 0.15) is 18.1 Å². The van der Waals surface area contributed by atoms with E-state index in [-0.39, 0.29) is 24.2 Å². The van der Waals surface area contributed by atoms with E-state index >= 15 is 0 Å². The van der Waals surface area contributed by atoms with Crippen molar-refractivity contribution in [1.82, 2.24) is 14.8 Å². The molecule has 8 heteroatoms. The Morgan fingerprint density at radius 2 is 2.38 bits per heavy atom. The molecule has 2 amide bonds. The number of carbonyl (C=O) groups excluding carboxylic acids is 2. The van der Waals surface area contributed by atoms with Crippen LogP contribution < -0.4 is 15.4 Å². The topological polar surface area (TPSA) is 98.1 Å². The van der Waals surface area contributed by atoms with Crippen LogP contribution in [0.4, 0.5) is 11.6 Å². The van der Waals surface area contributed by atoms with E-state index in [1.807, 2.05) is 0 Å². The molecule has 0 saturated heterocycles. The van der Waals surface area contributed by atoms with Crippen LogP contribution in [0.2, 0.25) is 0 Å². The first-order valence-electron chi connectivity index (χ1n) is 6.31. The summed E-state index contributed by atoms with van der Waals surface area (Å²) >= 11 is 0. The summed E-state index contributed by atoms with van der Waals surface area (Å²) in [5, 5.41) is 12.8. The number of fused-ring (bicyclic) bond motifs is 1. The molecular formula is C13H13N5O3. The van der Waals surface area contributed by atoms with Gasteiger partial charge in [0, 0.05) is 11.8 Å². The van der Waals surface area contributed by atoms with Crippen molar-refractivity contribution < 1.29 is 14.3 Å². The van der Waals surface area contributed by atoms with Gasteiger partial charge < -0.3 is 10.1 Å². The molecule has 1 aromatic carbocycles. The maximum absolute atomic E-state index is 12.4. The van der Waals surface area contributed by atoms with Crippen molar-refractivity contribution in [3.05, 3.63) is 30.6 Å². The SMILES string of the molecule is COc1cccc(NC(=O)[C@H]2CC(=O)Nc3nncn32)c1. The van der Waals surface area contributed by atoms with Crippen LogP contribution >= 0.6 is 0 Å². The van der Waals surface area contributed by atoms with E-state index in [4.69, 9.17) is 4.74 Å². The van der Waals surface area contributed by atoms with Crippen LogP contribution in [0, 0.1) is 0 Å². The van der Waals surface area contributed by atoms with E-state index in [0.717, 1.165) is 0 Å². The molecule has 2 heterocycles. The second kappa shape index (κ2) is 5.23. The first-order valence-corrected chi connectivity index (χ1v) is 6.31. The lowest BCUT2D eigenvalue weighted by Crippen LogP contribution is -2.35. The maximum Gasteiger partial charge on any atom is 0.248 e. The number of carbonyl (C=O) groups is 2. The fourth-order valence-electron chi connectivity index (χ4n) is 2.16. The van der Waals surface area contributed by atoms with Crippen LogP contribution in [0.3, 0.4) is 0 Å². The number of nitrogens with zero attached hydrogens (tertiary/aromatic N) is 3. The molecule has 0 fully saturated rings. The summed E-state index contributed by atoms with van der Waals surface area (Å²) in [6.07, 6.45) is 1.46. The summed E-state index contributed by atoms with van der Waals surface area (Å²) in [5.74, 6) is 0.344. The average molecular weight is 287 g/mol. The van der Waals surface area contributed by atoms with E-state index in [1.54, 1.807) is 31.4 Å². The molecule has 0 saturated carbocycles. The first kappa shape index (κ1) is 13.1. The number of ether oxygens (including phenoxy) is 1. The molecule has 0 unspecified atom stereocenters. The zero-order valence-corrected chi connectivity index (χ0v) is 11.2. The fourth-order valence-corrected chi connectivity index (χ4v) is 2.16. The zero-order chi connectivity index (χ0) is 14.8. The number of amides is 2. The predicted molar refractivity (Wildman–Crippen MR) is 73.9 cm³/mol. The summed E-state index contributed by atoms with van der Waals surface area (Å²) in [4.78, 5) is 24.0. The van der Waals surface area contributed by atoms with Crippen molar-refractivity contribution in [3.63, 3.8) is 0 Å². The number of hydrogen-bond donors (Lipinski definition) is 2. The highest BCUT2D eigenvalue weighted by Crippen LogP contribution is 2.24. The van der Waals surface area contributed by atoms with Crippen LogP contribution in [0.1, 0.15) is 12.5 Å². The van der Waals surface area contributed by atoms with E-state index < -0.39 is 6.04 Å². The van der Waals surface area contributed by atoms with Crippen LogP contribution in [0.5, 0.6) is 5.75 Å². The molecule has 1 aromatic heterocycles. The van der Waals surface area contributed by atoms with Crippen LogP contribution in [0.25, 0.3) is 0 Å². The highest BCUT2D eigenvalue weighted by Gasteiger charge is 2.31. The van der Waals surface area contributed by atoms with Crippen molar-refractivity contribution in [2.45, 2.75) is 12.5 Å². The summed E-state index contributed by atoms with van der Waals surface area (Å²) < 4.78 is 6.64. The minimum atomic E-state index is -0.671. The van der Waals surface area contributed by atoms with E-state index in [0.29, 0.717) is 11.4 Å². The Kier molecular flexibility index (Phi) is 3.27. The van der Waals surface area contributed by atoms with Crippen molar-refractivity contribution in [2.24, 2.45) is 0 Å². The molecule has 2 aromatic rings. The quantitative estimate of drug-likeness (QED) is 0.870. The summed E-state index contributed by atoms with van der Waals surface area (Å²) in [5.41, 5.74) is 0.597. The van der Waals surface area contributed by atoms with Gasteiger partial charge >= 0.3 is 0 Å². The van der Waals surface area contributed by atoms with Gasteiger partial charge in [-0.1, -0.05) is 6.07 Å². The summed E-state index contributed by atoms with van der Waals surface area (Å²) in [6, 6.07) is 6.33. The van der Waals surface area contributed by atoms with E-state index in [1.165, 1.54) is 10.9 Å². The van der Waals surface area contributed by atoms with Crippen molar-refractivity contribution in [1.29, 1.82) is 0 Å². The van der Waals surface area contributed by atoms with Gasteiger partial charge in [-0.15, -0.1) is 10.2 Å². The molecule has 0 radical (unpaired) electrons. The van der Waals surface area contributed by atoms with Gasteiger partial charge in [-0.3, -0.25) is 19.5 Å². The van der Waals surface area contributed by atoms with Crippen LogP contribution in [0.15, 0.2) is 30.6 Å². The Morgan fingerprint density at radius 3 is 3.19 bits per heavy atom. The first-order chi connectivity index (χ1) is 10.2. The lowest BCUT2D eigenvalue weighted by Gasteiger charge is -2.23. The monoisotopic (exact) mass is 287 g/mol. The van der Waals surface area contributed by atoms with E-state index in [9.17, 15) is 9.59 Å². The molecule has 2 N–H and O–H groups in total. The molecule has 0 aliphatic carbocycles. The third-order valence-corrected chi connectivity index (χ3v) is 3.18. The molecule has 108 valence electrons. The number of rotatable bonds is 3. The van der Waals surface area contributed by atoms with Gasteiger partial charge in [0.25, 0.3) is 0 Å². The number of methoxy groups -OCH3 is 1. The minimum Gasteiger partial charge on any atom is -0.497 e. The number of nitrogens with one attached hydrogen (secondary N) is 2. The van der Waals surface area contributed by atoms with Crippen LogP contribution in [-0.4, -0.2) is 33.7 Å². The lowest BCUT2D eigenvalue weighted by molar-refractivity contribution is -0.125. The number of benzene rings is 1. The predicted octanol–water partition coefficient (Wildman–Crippen LogP) is 0.809. The minimum absolute atomic E-state index is 0.0425. The standard InChI is InChI=1S/C13H13N5O3/c1-21-9-4-2-3-8(5-9)15-12(20)10-6-11(19)16-13-17-14-7-18(10)13/h2-5,7,10H,6H2,1H3,(H,15,20)(H,16,17,19)/t10-/m1/s1. The Bertz CT molecular complexity index is 697. The molecule has 1 aliphatic heterocycles. The molecular weight excluding hydrogens is 274 g/mol. The molecule has 1 atom stereocenters. The largest absolute Gasteiger partial charge is 0.497 e. The second-order valence-corrected chi connectivity index (χ2v) is 4.55. The van der Waals surface area contributed by atoms with E-state index in [2.05, 4.69) is 20.8 Å². The van der Waals surface area contributed by atoms with Gasteiger partial charge in [0.05, 0.1) is 13.5 Å². The molecule has 21 heavy (non-hydrogen) atoms. The zero-order valence-electron chi connectivity index (χ0n) is 11.2. The van der Waals surface area contributed by atoms with Crippen molar-refractivity contribution in [2.75, 3.05) is 17.7 Å². The molecule has 0 bridgehead atoms. The Hall–Kier alpha value is -2.90. The highest BCUT2D eigenvalue weighted by molar-refractivity contribution is 6.00. The normalized spacial score (nSPS) is 16.8. The van der Waals surface area contributed by atoms with Crippen molar-refractivity contribution in [3.8, 4) is 5.75 Å². The summed E-state index contributed by atoms with van der Waals surface area (Å²) in [7, 11) is 1.55. The van der Waals surface area contributed by atoms with Crippen molar-refractivity contribution >= 4 is 23.5 Å². The number of aromatic nitrogens is 3. The van der Waals surface area contributed by atoms with Gasteiger partial charge in [-0.2, -0.15) is 0 Å². The number of anilines is 2. The molecule has 3 rings (SSSR count). The maximum atomic E-state index is 12.4. The fraction of sp³-hybridized carbons (Fsp3) is 0.231. The van der Waals surface area contributed by atoms with Crippen LogP contribution in [-0.2, 0) is 9.59 Å². The van der Waals surface area contributed by atoms with Gasteiger partial charge in [0.2, 0.25) is 17.8 Å². The second-order valence-electron chi connectivity index (χ2n) is 4.55. The molecule has 0 spiro atoms. The Morgan fingerprint density at radius 1 is 1.52 bits per heavy atom. The van der Waals surface area contributed by atoms with Gasteiger partial charge in [-0.05, 0) is 12.1 Å². The highest BCUT2D eigenvalue weighted by atomic mass is 16.5. The Balaban J connectivity index is 1.81. The Labute approximate surface area is 120 Å². The molecule has 8 nitrogen and oxygen atoms in total. The van der Waals surface area contributed by atoms with Gasteiger partial charge in [-0.25, -0.2) is 0 Å². The third-order valence-electron chi connectivity index (χ3n) is 3.18. The molecule has 1 aliphatic rings. The smallest absolute Gasteiger partial charge is 0.248 e. The third kappa shape index (κ3) is 2.55. The average Bonchev–Trinajstić information content (AvgIpc) is 2.94. The number of hydrogen-bond acceptors (Lipinski definition) is 5. The summed E-state index contributed by atoms with van der Waals surface area (Å²) in [6.45, 7) is 0. The lowest BCUT2D eigenvalue weighted by atomic mass is 10.1. The van der Waals surface area contributed by atoms with Gasteiger partial charge in [0.15, 0.2) is 0 Å².